The number of non-ortho nitro benzene ring substituents is 1. The molecule has 1 saturated heterocycles. The fourth-order valence-electron chi connectivity index (χ4n) is 2.94. The Balaban J connectivity index is 1.82. The number of carbonyl (C=O) groups is 3. The minimum atomic E-state index is -1.47. The summed E-state index contributed by atoms with van der Waals surface area (Å²) in [4.78, 5) is 49.9. The zero-order chi connectivity index (χ0) is 21.3. The lowest BCUT2D eigenvalue weighted by atomic mass is 9.92. The van der Waals surface area contributed by atoms with E-state index < -0.39 is 28.3 Å². The van der Waals surface area contributed by atoms with Gasteiger partial charge in [-0.2, -0.15) is 5.01 Å². The highest BCUT2D eigenvalue weighted by Crippen LogP contribution is 2.29. The molecule has 2 N–H and O–H groups in total. The summed E-state index contributed by atoms with van der Waals surface area (Å²) in [5.41, 5.74) is 2.13. The number of benzene rings is 2. The fraction of sp³-hybridized carbons (Fsp3) is 0.211. The summed E-state index contributed by atoms with van der Waals surface area (Å²) in [6.07, 6.45) is 0. The SMILES string of the molecule is CN(C)c1cccc(C(=O)NN2C(=O)N[C@](C)(c3ccc([N+](=O)[O-])cc3)C2=O)c1. The van der Waals surface area contributed by atoms with Gasteiger partial charge in [-0.3, -0.25) is 25.1 Å². The van der Waals surface area contributed by atoms with Crippen molar-refractivity contribution in [3.8, 4) is 0 Å². The van der Waals surface area contributed by atoms with E-state index in [1.54, 1.807) is 18.2 Å². The number of anilines is 1. The normalized spacial score (nSPS) is 18.4. The lowest BCUT2D eigenvalue weighted by Gasteiger charge is -2.22. The zero-order valence-corrected chi connectivity index (χ0v) is 16.0. The second-order valence-electron chi connectivity index (χ2n) is 6.89. The molecule has 0 radical (unpaired) electrons. The minimum absolute atomic E-state index is 0.139. The summed E-state index contributed by atoms with van der Waals surface area (Å²) in [5.74, 6) is -1.32. The van der Waals surface area contributed by atoms with E-state index in [0.29, 0.717) is 10.6 Å². The van der Waals surface area contributed by atoms with E-state index >= 15 is 0 Å². The number of nitro groups is 1. The molecule has 2 aromatic rings. The molecule has 10 heteroatoms. The van der Waals surface area contributed by atoms with Crippen molar-refractivity contribution in [2.24, 2.45) is 0 Å². The second-order valence-corrected chi connectivity index (χ2v) is 6.89. The number of urea groups is 1. The average Bonchev–Trinajstić information content (AvgIpc) is 2.92. The van der Waals surface area contributed by atoms with Gasteiger partial charge in [-0.1, -0.05) is 6.07 Å². The Hall–Kier alpha value is -3.95. The van der Waals surface area contributed by atoms with Gasteiger partial charge in [0.25, 0.3) is 17.5 Å². The number of rotatable bonds is 5. The quantitative estimate of drug-likeness (QED) is 0.450. The lowest BCUT2D eigenvalue weighted by Crippen LogP contribution is -2.47. The van der Waals surface area contributed by atoms with Crippen molar-refractivity contribution < 1.29 is 19.3 Å². The Morgan fingerprint density at radius 3 is 2.41 bits per heavy atom. The first kappa shape index (κ1) is 19.8. The number of carbonyl (C=O) groups excluding carboxylic acids is 3. The Kier molecular flexibility index (Phi) is 4.93. The number of nitro benzene ring substituents is 1. The van der Waals surface area contributed by atoms with Crippen LogP contribution in [-0.2, 0) is 10.3 Å². The van der Waals surface area contributed by atoms with Crippen molar-refractivity contribution in [1.82, 2.24) is 15.8 Å². The van der Waals surface area contributed by atoms with Crippen molar-refractivity contribution in [2.75, 3.05) is 19.0 Å². The van der Waals surface area contributed by atoms with Crippen LogP contribution in [0.4, 0.5) is 16.2 Å². The summed E-state index contributed by atoms with van der Waals surface area (Å²) < 4.78 is 0. The van der Waals surface area contributed by atoms with Crippen LogP contribution in [0.15, 0.2) is 48.5 Å². The maximum atomic E-state index is 12.9. The first-order valence-electron chi connectivity index (χ1n) is 8.63. The van der Waals surface area contributed by atoms with Gasteiger partial charge in [0.1, 0.15) is 5.54 Å². The van der Waals surface area contributed by atoms with E-state index in [-0.39, 0.29) is 11.3 Å². The molecule has 0 saturated carbocycles. The van der Waals surface area contributed by atoms with Crippen LogP contribution in [0.1, 0.15) is 22.8 Å². The number of amides is 4. The zero-order valence-electron chi connectivity index (χ0n) is 16.0. The van der Waals surface area contributed by atoms with Crippen molar-refractivity contribution in [2.45, 2.75) is 12.5 Å². The van der Waals surface area contributed by atoms with Gasteiger partial charge in [0.2, 0.25) is 0 Å². The van der Waals surface area contributed by atoms with Crippen LogP contribution in [0, 0.1) is 10.1 Å². The summed E-state index contributed by atoms with van der Waals surface area (Å²) in [7, 11) is 3.65. The van der Waals surface area contributed by atoms with Gasteiger partial charge in [0.15, 0.2) is 0 Å². The molecule has 0 aliphatic carbocycles. The van der Waals surface area contributed by atoms with Gasteiger partial charge in [-0.15, -0.1) is 0 Å². The number of hydrazine groups is 1. The highest BCUT2D eigenvalue weighted by Gasteiger charge is 2.50. The maximum Gasteiger partial charge on any atom is 0.344 e. The molecule has 4 amide bonds. The van der Waals surface area contributed by atoms with Gasteiger partial charge in [0.05, 0.1) is 4.92 Å². The number of nitrogens with one attached hydrogen (secondary N) is 2. The number of nitrogens with zero attached hydrogens (tertiary/aromatic N) is 3. The maximum absolute atomic E-state index is 12.9. The Bertz CT molecular complexity index is 1000. The van der Waals surface area contributed by atoms with E-state index in [1.165, 1.54) is 31.2 Å². The van der Waals surface area contributed by atoms with Crippen LogP contribution in [-0.4, -0.2) is 41.9 Å². The van der Waals surface area contributed by atoms with Crippen molar-refractivity contribution in [3.05, 3.63) is 69.8 Å². The van der Waals surface area contributed by atoms with Gasteiger partial charge in [0, 0.05) is 37.5 Å². The first-order chi connectivity index (χ1) is 13.6. The molecule has 3 rings (SSSR count). The molecule has 29 heavy (non-hydrogen) atoms. The van der Waals surface area contributed by atoms with E-state index in [2.05, 4.69) is 10.7 Å². The molecule has 2 aromatic carbocycles. The first-order valence-corrected chi connectivity index (χ1v) is 8.63. The Labute approximate surface area is 166 Å². The van der Waals surface area contributed by atoms with Gasteiger partial charge < -0.3 is 10.2 Å². The summed E-state index contributed by atoms with van der Waals surface area (Å²) in [5, 5.41) is 14.0. The van der Waals surface area contributed by atoms with Crippen LogP contribution in [0.2, 0.25) is 0 Å². The van der Waals surface area contributed by atoms with E-state index in [4.69, 9.17) is 0 Å². The summed E-state index contributed by atoms with van der Waals surface area (Å²) in [6.45, 7) is 1.47. The van der Waals surface area contributed by atoms with Crippen molar-refractivity contribution in [3.63, 3.8) is 0 Å². The monoisotopic (exact) mass is 397 g/mol. The summed E-state index contributed by atoms with van der Waals surface area (Å²) >= 11 is 0. The molecule has 150 valence electrons. The minimum Gasteiger partial charge on any atom is -0.378 e. The molecule has 1 heterocycles. The largest absolute Gasteiger partial charge is 0.378 e. The Morgan fingerprint density at radius 1 is 1.17 bits per heavy atom. The van der Waals surface area contributed by atoms with Crippen molar-refractivity contribution in [1.29, 1.82) is 0 Å². The van der Waals surface area contributed by atoms with Crippen LogP contribution in [0.25, 0.3) is 0 Å². The van der Waals surface area contributed by atoms with Crippen LogP contribution >= 0.6 is 0 Å². The fourth-order valence-corrected chi connectivity index (χ4v) is 2.94. The third-order valence-corrected chi connectivity index (χ3v) is 4.68. The van der Waals surface area contributed by atoms with Crippen LogP contribution in [0.5, 0.6) is 0 Å². The van der Waals surface area contributed by atoms with Crippen LogP contribution in [0.3, 0.4) is 0 Å². The molecule has 1 atom stereocenters. The number of hydrogen-bond acceptors (Lipinski definition) is 6. The third kappa shape index (κ3) is 3.59. The highest BCUT2D eigenvalue weighted by molar-refractivity contribution is 6.09. The van der Waals surface area contributed by atoms with Gasteiger partial charge in [-0.25, -0.2) is 4.79 Å². The standard InChI is InChI=1S/C19H19N5O5/c1-19(13-7-9-14(10-8-13)24(28)29)17(26)23(18(27)20-19)21-16(25)12-5-4-6-15(11-12)22(2)3/h4-11H,1-3H3,(H,20,27)(H,21,25)/t19-/m1/s1. The Morgan fingerprint density at radius 2 is 1.83 bits per heavy atom. The molecule has 0 unspecified atom stereocenters. The topological polar surface area (TPSA) is 125 Å². The molecular weight excluding hydrogens is 378 g/mol. The van der Waals surface area contributed by atoms with Gasteiger partial charge >= 0.3 is 6.03 Å². The van der Waals surface area contributed by atoms with E-state index in [1.807, 2.05) is 25.1 Å². The molecule has 0 aromatic heterocycles. The van der Waals surface area contributed by atoms with Crippen molar-refractivity contribution >= 4 is 29.2 Å². The van der Waals surface area contributed by atoms with Crippen LogP contribution < -0.4 is 15.6 Å². The van der Waals surface area contributed by atoms with Gasteiger partial charge in [-0.05, 0) is 42.8 Å². The molecule has 0 bridgehead atoms. The number of hydrogen-bond donors (Lipinski definition) is 2. The highest BCUT2D eigenvalue weighted by atomic mass is 16.6. The predicted octanol–water partition coefficient (Wildman–Crippen LogP) is 1.77. The molecule has 1 fully saturated rings. The molecule has 1 aliphatic rings. The molecular formula is C19H19N5O5. The van der Waals surface area contributed by atoms with E-state index in [9.17, 15) is 24.5 Å². The lowest BCUT2D eigenvalue weighted by molar-refractivity contribution is -0.384. The third-order valence-electron chi connectivity index (χ3n) is 4.68. The molecule has 0 spiro atoms. The second kappa shape index (κ2) is 7.23. The molecule has 10 nitrogen and oxygen atoms in total. The average molecular weight is 397 g/mol. The van der Waals surface area contributed by atoms with E-state index in [0.717, 1.165) is 5.69 Å². The molecule has 1 aliphatic heterocycles. The predicted molar refractivity (Wildman–Crippen MR) is 104 cm³/mol. The smallest absolute Gasteiger partial charge is 0.344 e. The number of imide groups is 1. The summed E-state index contributed by atoms with van der Waals surface area (Å²) in [6, 6.07) is 11.2.